The molecule has 0 amide bonds. The predicted octanol–water partition coefficient (Wildman–Crippen LogP) is 2.65. The first-order chi connectivity index (χ1) is 11.0. The molecule has 0 radical (unpaired) electrons. The number of hydrogen-bond donors (Lipinski definition) is 1. The number of carbonyl (C=O) groups excluding carboxylic acids is 1. The van der Waals surface area contributed by atoms with E-state index in [0.29, 0.717) is 5.69 Å². The monoisotopic (exact) mass is 334 g/mol. The first-order valence-corrected chi connectivity index (χ1v) is 8.45. The topological polar surface area (TPSA) is 87.7 Å². The van der Waals surface area contributed by atoms with E-state index in [2.05, 4.69) is 5.32 Å². The molecule has 1 N–H and O–H groups in total. The van der Waals surface area contributed by atoms with Gasteiger partial charge in [-0.2, -0.15) is 0 Å². The van der Waals surface area contributed by atoms with Crippen LogP contribution in [0.2, 0.25) is 0 Å². The lowest BCUT2D eigenvalue weighted by molar-refractivity contribution is -0.255. The van der Waals surface area contributed by atoms with Crippen LogP contribution < -0.4 is 10.4 Å². The summed E-state index contributed by atoms with van der Waals surface area (Å²) < 4.78 is 23.0. The van der Waals surface area contributed by atoms with Crippen LogP contribution in [0.1, 0.15) is 21.7 Å². The molecule has 0 unspecified atom stereocenters. The van der Waals surface area contributed by atoms with E-state index in [1.54, 1.807) is 24.3 Å². The second-order valence-electron chi connectivity index (χ2n) is 4.73. The fraction of sp³-hybridized carbons (Fsp3) is 0.188. The van der Waals surface area contributed by atoms with Gasteiger partial charge in [-0.3, -0.25) is 4.57 Å². The van der Waals surface area contributed by atoms with Gasteiger partial charge < -0.3 is 24.3 Å². The molecule has 0 spiro atoms. The van der Waals surface area contributed by atoms with Gasteiger partial charge in [0, 0.05) is 19.9 Å². The average molecular weight is 334 g/mol. The van der Waals surface area contributed by atoms with Crippen molar-refractivity contribution in [2.45, 2.75) is 5.78 Å². The molecule has 23 heavy (non-hydrogen) atoms. The van der Waals surface area contributed by atoms with Crippen LogP contribution in [0, 0.1) is 0 Å². The molecule has 2 aromatic carbocycles. The first-order valence-electron chi connectivity index (χ1n) is 6.84. The maximum absolute atomic E-state index is 12.8. The fourth-order valence-corrected chi connectivity index (χ4v) is 3.54. The van der Waals surface area contributed by atoms with E-state index in [-0.39, 0.29) is 5.56 Å². The summed E-state index contributed by atoms with van der Waals surface area (Å²) in [6, 6.07) is 15.0. The van der Waals surface area contributed by atoms with E-state index in [4.69, 9.17) is 9.05 Å². The van der Waals surface area contributed by atoms with Crippen LogP contribution >= 0.6 is 7.60 Å². The van der Waals surface area contributed by atoms with E-state index in [1.165, 1.54) is 26.4 Å². The second-order valence-corrected chi connectivity index (χ2v) is 7.05. The third kappa shape index (κ3) is 3.99. The van der Waals surface area contributed by atoms with Crippen molar-refractivity contribution in [1.82, 2.24) is 0 Å². The third-order valence-electron chi connectivity index (χ3n) is 3.36. The summed E-state index contributed by atoms with van der Waals surface area (Å²) in [6.45, 7) is 0. The molecule has 0 heterocycles. The highest BCUT2D eigenvalue weighted by Gasteiger charge is 2.35. The molecule has 0 fully saturated rings. The van der Waals surface area contributed by atoms with Crippen molar-refractivity contribution < 1.29 is 23.5 Å². The van der Waals surface area contributed by atoms with Gasteiger partial charge in [0.1, 0.15) is 0 Å². The van der Waals surface area contributed by atoms with E-state index in [1.807, 2.05) is 18.2 Å². The van der Waals surface area contributed by atoms with Crippen LogP contribution in [0.25, 0.3) is 0 Å². The highest BCUT2D eigenvalue weighted by molar-refractivity contribution is 7.54. The molecule has 0 aliphatic heterocycles. The Hall–Kier alpha value is -2.14. The number of carboxylic acid groups (broad SMARTS) is 1. The third-order valence-corrected chi connectivity index (χ3v) is 5.44. The zero-order chi connectivity index (χ0) is 16.9. The summed E-state index contributed by atoms with van der Waals surface area (Å²) in [7, 11) is -0.808. The molecule has 2 rings (SSSR count). The van der Waals surface area contributed by atoms with E-state index in [9.17, 15) is 14.5 Å². The van der Waals surface area contributed by atoms with Crippen molar-refractivity contribution in [3.63, 3.8) is 0 Å². The Morgan fingerprint density at radius 1 is 1.04 bits per heavy atom. The Balaban J connectivity index is 2.35. The number of carbonyl (C=O) groups is 1. The summed E-state index contributed by atoms with van der Waals surface area (Å²) in [6.07, 6.45) is 0. The van der Waals surface area contributed by atoms with Crippen LogP contribution in [0.15, 0.2) is 54.6 Å². The number of nitrogens with one attached hydrogen (secondary N) is 1. The van der Waals surface area contributed by atoms with Gasteiger partial charge in [-0.25, -0.2) is 0 Å². The van der Waals surface area contributed by atoms with Gasteiger partial charge in [0.25, 0.3) is 0 Å². The molecule has 0 aliphatic rings. The molecule has 0 aromatic heterocycles. The minimum absolute atomic E-state index is 0.0634. The molecule has 2 aromatic rings. The lowest BCUT2D eigenvalue weighted by atomic mass is 10.2. The van der Waals surface area contributed by atoms with Gasteiger partial charge in [-0.1, -0.05) is 42.5 Å². The van der Waals surface area contributed by atoms with Crippen molar-refractivity contribution >= 4 is 19.3 Å². The van der Waals surface area contributed by atoms with E-state index in [0.717, 1.165) is 5.56 Å². The normalized spacial score (nSPS) is 12.6. The number of rotatable bonds is 7. The Morgan fingerprint density at radius 3 is 2.09 bits per heavy atom. The first kappa shape index (κ1) is 17.2. The Labute approximate surface area is 134 Å². The van der Waals surface area contributed by atoms with Crippen molar-refractivity contribution in [2.75, 3.05) is 19.5 Å². The second kappa shape index (κ2) is 7.42. The highest BCUT2D eigenvalue weighted by atomic mass is 31.2. The largest absolute Gasteiger partial charge is 0.545 e. The van der Waals surface area contributed by atoms with E-state index < -0.39 is 19.3 Å². The Kier molecular flexibility index (Phi) is 5.55. The summed E-state index contributed by atoms with van der Waals surface area (Å²) in [4.78, 5) is 10.8. The molecule has 0 bridgehead atoms. The molecule has 0 aliphatic carbocycles. The van der Waals surface area contributed by atoms with Gasteiger partial charge in [-0.15, -0.1) is 0 Å². The van der Waals surface area contributed by atoms with Gasteiger partial charge in [0.15, 0.2) is 5.78 Å². The molecule has 0 saturated heterocycles. The molecule has 1 atom stereocenters. The molecular formula is C16H17NO5P-. The van der Waals surface area contributed by atoms with Crippen LogP contribution in [0.3, 0.4) is 0 Å². The SMILES string of the molecule is COP(=O)(OC)[C@H](Nc1ccc(C(=O)[O-])cc1)c1ccccc1. The summed E-state index contributed by atoms with van der Waals surface area (Å²) in [5.41, 5.74) is 1.37. The highest BCUT2D eigenvalue weighted by Crippen LogP contribution is 2.59. The quantitative estimate of drug-likeness (QED) is 0.783. The Bertz CT molecular complexity index is 694. The molecule has 6 nitrogen and oxygen atoms in total. The van der Waals surface area contributed by atoms with Crippen LogP contribution in [0.4, 0.5) is 5.69 Å². The van der Waals surface area contributed by atoms with Gasteiger partial charge >= 0.3 is 7.60 Å². The predicted molar refractivity (Wildman–Crippen MR) is 85.2 cm³/mol. The lowest BCUT2D eigenvalue weighted by Crippen LogP contribution is -2.22. The van der Waals surface area contributed by atoms with Crippen molar-refractivity contribution in [2.24, 2.45) is 0 Å². The molecule has 7 heteroatoms. The average Bonchev–Trinajstić information content (AvgIpc) is 2.60. The maximum atomic E-state index is 12.8. The van der Waals surface area contributed by atoms with Gasteiger partial charge in [0.05, 0.1) is 5.97 Å². The number of aromatic carboxylic acids is 1. The maximum Gasteiger partial charge on any atom is 0.356 e. The Morgan fingerprint density at radius 2 is 1.61 bits per heavy atom. The zero-order valence-electron chi connectivity index (χ0n) is 12.8. The zero-order valence-corrected chi connectivity index (χ0v) is 13.7. The molecule has 0 saturated carbocycles. The molecular weight excluding hydrogens is 317 g/mol. The van der Waals surface area contributed by atoms with E-state index >= 15 is 0 Å². The number of benzene rings is 2. The summed E-state index contributed by atoms with van der Waals surface area (Å²) in [5.74, 6) is -1.98. The van der Waals surface area contributed by atoms with Gasteiger partial charge in [0.2, 0.25) is 0 Å². The number of hydrogen-bond acceptors (Lipinski definition) is 6. The van der Waals surface area contributed by atoms with Gasteiger partial charge in [-0.05, 0) is 23.3 Å². The van der Waals surface area contributed by atoms with Crippen molar-refractivity contribution in [1.29, 1.82) is 0 Å². The van der Waals surface area contributed by atoms with Crippen LogP contribution in [-0.4, -0.2) is 20.2 Å². The number of carboxylic acids is 1. The fourth-order valence-electron chi connectivity index (χ4n) is 2.13. The van der Waals surface area contributed by atoms with Crippen LogP contribution in [0.5, 0.6) is 0 Å². The lowest BCUT2D eigenvalue weighted by Gasteiger charge is -2.26. The smallest absolute Gasteiger partial charge is 0.356 e. The standard InChI is InChI=1S/C16H18NO5P/c1-21-23(20,22-2)15(12-6-4-3-5-7-12)17-14-10-8-13(9-11-14)16(18)19/h3-11,15,17H,1-2H3,(H,18,19)/p-1/t15-/m0/s1. The van der Waals surface area contributed by atoms with Crippen molar-refractivity contribution in [3.8, 4) is 0 Å². The number of anilines is 1. The summed E-state index contributed by atoms with van der Waals surface area (Å²) >= 11 is 0. The van der Waals surface area contributed by atoms with Crippen LogP contribution in [-0.2, 0) is 13.6 Å². The van der Waals surface area contributed by atoms with Crippen molar-refractivity contribution in [3.05, 3.63) is 65.7 Å². The minimum atomic E-state index is -3.45. The summed E-state index contributed by atoms with van der Waals surface area (Å²) in [5, 5.41) is 13.9. The minimum Gasteiger partial charge on any atom is -0.545 e. The molecule has 122 valence electrons.